The van der Waals surface area contributed by atoms with Gasteiger partial charge in [-0.1, -0.05) is 6.07 Å². The van der Waals surface area contributed by atoms with Crippen molar-refractivity contribution in [3.8, 4) is 10.4 Å². The second-order valence-corrected chi connectivity index (χ2v) is 7.25. The lowest BCUT2D eigenvalue weighted by molar-refractivity contribution is 0.0738. The molecule has 1 atom stereocenters. The fourth-order valence-electron chi connectivity index (χ4n) is 2.94. The zero-order chi connectivity index (χ0) is 14.9. The first-order valence-electron chi connectivity index (χ1n) is 7.25. The summed E-state index contributed by atoms with van der Waals surface area (Å²) in [7, 11) is 0. The Hall–Kier alpha value is -1.92. The van der Waals surface area contributed by atoms with Crippen molar-refractivity contribution in [3.63, 3.8) is 0 Å². The van der Waals surface area contributed by atoms with Gasteiger partial charge in [0.05, 0.1) is 17.8 Å². The predicted molar refractivity (Wildman–Crippen MR) is 89.2 cm³/mol. The number of rotatable bonds is 3. The summed E-state index contributed by atoms with van der Waals surface area (Å²) >= 11 is 3.32. The van der Waals surface area contributed by atoms with Crippen molar-refractivity contribution in [1.82, 2.24) is 15.1 Å². The number of amides is 1. The fraction of sp³-hybridized carbons (Fsp3) is 0.250. The van der Waals surface area contributed by atoms with Crippen LogP contribution >= 0.6 is 22.7 Å². The van der Waals surface area contributed by atoms with Crippen LogP contribution in [0.15, 0.2) is 41.4 Å². The van der Waals surface area contributed by atoms with E-state index in [2.05, 4.69) is 27.7 Å². The summed E-state index contributed by atoms with van der Waals surface area (Å²) in [5.41, 5.74) is 1.81. The Balaban J connectivity index is 1.59. The smallest absolute Gasteiger partial charge is 0.255 e. The molecule has 0 saturated carbocycles. The molecule has 3 aromatic heterocycles. The van der Waals surface area contributed by atoms with Gasteiger partial charge in [-0.2, -0.15) is 5.10 Å². The van der Waals surface area contributed by atoms with E-state index in [9.17, 15) is 4.79 Å². The van der Waals surface area contributed by atoms with Crippen LogP contribution in [0.5, 0.6) is 0 Å². The van der Waals surface area contributed by atoms with E-state index in [0.29, 0.717) is 0 Å². The highest BCUT2D eigenvalue weighted by Crippen LogP contribution is 2.36. The maximum atomic E-state index is 12.8. The Labute approximate surface area is 136 Å². The number of aromatic amines is 1. The predicted octanol–water partition coefficient (Wildman–Crippen LogP) is 4.18. The molecule has 0 radical (unpaired) electrons. The van der Waals surface area contributed by atoms with Crippen molar-refractivity contribution in [2.45, 2.75) is 18.9 Å². The van der Waals surface area contributed by atoms with Crippen molar-refractivity contribution in [1.29, 1.82) is 0 Å². The second kappa shape index (κ2) is 5.70. The third-order valence-electron chi connectivity index (χ3n) is 4.01. The summed E-state index contributed by atoms with van der Waals surface area (Å²) in [4.78, 5) is 17.2. The molecule has 1 saturated heterocycles. The Morgan fingerprint density at radius 2 is 2.36 bits per heavy atom. The molecule has 4 rings (SSSR count). The number of carbonyl (C=O) groups is 1. The van der Waals surface area contributed by atoms with Gasteiger partial charge >= 0.3 is 0 Å². The minimum Gasteiger partial charge on any atom is -0.331 e. The fourth-order valence-corrected chi connectivity index (χ4v) is 4.68. The average molecular weight is 329 g/mol. The van der Waals surface area contributed by atoms with Crippen molar-refractivity contribution >= 4 is 28.6 Å². The van der Waals surface area contributed by atoms with E-state index in [1.54, 1.807) is 28.9 Å². The number of H-pyrrole nitrogens is 1. The molecule has 22 heavy (non-hydrogen) atoms. The number of aromatic nitrogens is 2. The van der Waals surface area contributed by atoms with Crippen LogP contribution in [0.25, 0.3) is 10.4 Å². The number of thiophene rings is 2. The van der Waals surface area contributed by atoms with Crippen molar-refractivity contribution < 1.29 is 4.79 Å². The summed E-state index contributed by atoms with van der Waals surface area (Å²) in [6, 6.07) is 6.40. The molecule has 4 nitrogen and oxygen atoms in total. The van der Waals surface area contributed by atoms with Gasteiger partial charge in [0.25, 0.3) is 5.91 Å². The molecule has 0 bridgehead atoms. The molecular weight excluding hydrogens is 314 g/mol. The Bertz CT molecular complexity index is 761. The van der Waals surface area contributed by atoms with Crippen LogP contribution in [-0.4, -0.2) is 27.5 Å². The van der Waals surface area contributed by atoms with Gasteiger partial charge in [0, 0.05) is 33.4 Å². The number of nitrogens with one attached hydrogen (secondary N) is 1. The number of hydrogen-bond donors (Lipinski definition) is 1. The Morgan fingerprint density at radius 3 is 3.14 bits per heavy atom. The molecule has 1 fully saturated rings. The van der Waals surface area contributed by atoms with Crippen LogP contribution in [0.4, 0.5) is 0 Å². The van der Waals surface area contributed by atoms with Crippen molar-refractivity contribution in [3.05, 3.63) is 51.8 Å². The van der Waals surface area contributed by atoms with Gasteiger partial charge in [0.15, 0.2) is 0 Å². The Kier molecular flexibility index (Phi) is 3.56. The molecule has 112 valence electrons. The number of hydrogen-bond acceptors (Lipinski definition) is 4. The molecule has 1 aliphatic rings. The van der Waals surface area contributed by atoms with Crippen LogP contribution in [0.2, 0.25) is 0 Å². The van der Waals surface area contributed by atoms with Gasteiger partial charge in [0.2, 0.25) is 0 Å². The molecule has 1 unspecified atom stereocenters. The third kappa shape index (κ3) is 2.38. The lowest BCUT2D eigenvalue weighted by atomic mass is 10.1. The highest BCUT2D eigenvalue weighted by Gasteiger charge is 2.31. The first-order chi connectivity index (χ1) is 10.8. The van der Waals surface area contributed by atoms with Crippen molar-refractivity contribution in [2.24, 2.45) is 0 Å². The SMILES string of the molecule is O=C(c1csc(-c2cn[nH]c2)c1)N1CCCC1c1cccs1. The molecule has 3 aromatic rings. The second-order valence-electron chi connectivity index (χ2n) is 5.36. The maximum Gasteiger partial charge on any atom is 0.255 e. The molecule has 1 aliphatic heterocycles. The zero-order valence-electron chi connectivity index (χ0n) is 11.9. The van der Waals surface area contributed by atoms with Gasteiger partial charge in [-0.05, 0) is 30.4 Å². The summed E-state index contributed by atoms with van der Waals surface area (Å²) in [6.45, 7) is 0.846. The van der Waals surface area contributed by atoms with E-state index in [1.165, 1.54) is 4.88 Å². The standard InChI is InChI=1S/C16H15N3OS2/c20-16(11-7-15(22-10-11)12-8-17-18-9-12)19-5-1-3-13(19)14-4-2-6-21-14/h2,4,6-10,13H,1,3,5H2,(H,17,18). The van der Waals surface area contributed by atoms with E-state index in [-0.39, 0.29) is 11.9 Å². The summed E-state index contributed by atoms with van der Waals surface area (Å²) in [5, 5.41) is 10.8. The summed E-state index contributed by atoms with van der Waals surface area (Å²) in [6.07, 6.45) is 5.77. The quantitative estimate of drug-likeness (QED) is 0.784. The van der Waals surface area contributed by atoms with E-state index in [0.717, 1.165) is 35.4 Å². The van der Waals surface area contributed by atoms with Crippen LogP contribution < -0.4 is 0 Å². The maximum absolute atomic E-state index is 12.8. The van der Waals surface area contributed by atoms with Gasteiger partial charge in [-0.25, -0.2) is 0 Å². The lowest BCUT2D eigenvalue weighted by Crippen LogP contribution is -2.29. The van der Waals surface area contributed by atoms with Gasteiger partial charge in [-0.15, -0.1) is 22.7 Å². The molecule has 6 heteroatoms. The average Bonchev–Trinajstić information content (AvgIpc) is 3.35. The van der Waals surface area contributed by atoms with Crippen LogP contribution in [0.1, 0.15) is 34.1 Å². The Morgan fingerprint density at radius 1 is 1.41 bits per heavy atom. The molecule has 1 N–H and O–H groups in total. The van der Waals surface area contributed by atoms with E-state index in [4.69, 9.17) is 0 Å². The van der Waals surface area contributed by atoms with Gasteiger partial charge < -0.3 is 4.90 Å². The summed E-state index contributed by atoms with van der Waals surface area (Å²) in [5.74, 6) is 0.141. The normalized spacial score (nSPS) is 18.0. The van der Waals surface area contributed by atoms with Crippen LogP contribution in [0, 0.1) is 0 Å². The molecule has 0 spiro atoms. The minimum atomic E-state index is 0.141. The zero-order valence-corrected chi connectivity index (χ0v) is 13.5. The molecule has 0 aromatic carbocycles. The van der Waals surface area contributed by atoms with Crippen LogP contribution in [0.3, 0.4) is 0 Å². The minimum absolute atomic E-state index is 0.141. The molecular formula is C16H15N3OS2. The third-order valence-corrected chi connectivity index (χ3v) is 5.97. The molecule has 0 aliphatic carbocycles. The number of carbonyl (C=O) groups excluding carboxylic acids is 1. The van der Waals surface area contributed by atoms with Gasteiger partial charge in [0.1, 0.15) is 0 Å². The molecule has 4 heterocycles. The van der Waals surface area contributed by atoms with Gasteiger partial charge in [-0.3, -0.25) is 9.89 Å². The topological polar surface area (TPSA) is 49.0 Å². The lowest BCUT2D eigenvalue weighted by Gasteiger charge is -2.23. The highest BCUT2D eigenvalue weighted by atomic mass is 32.1. The first-order valence-corrected chi connectivity index (χ1v) is 9.01. The largest absolute Gasteiger partial charge is 0.331 e. The highest BCUT2D eigenvalue weighted by molar-refractivity contribution is 7.13. The van der Waals surface area contributed by atoms with E-state index >= 15 is 0 Å². The number of likely N-dealkylation sites (tertiary alicyclic amines) is 1. The molecule has 1 amide bonds. The number of nitrogens with zero attached hydrogens (tertiary/aromatic N) is 2. The summed E-state index contributed by atoms with van der Waals surface area (Å²) < 4.78 is 0. The van der Waals surface area contributed by atoms with E-state index in [1.807, 2.05) is 22.5 Å². The van der Waals surface area contributed by atoms with Crippen molar-refractivity contribution in [2.75, 3.05) is 6.54 Å². The first kappa shape index (κ1) is 13.7. The van der Waals surface area contributed by atoms with E-state index < -0.39 is 0 Å². The monoisotopic (exact) mass is 329 g/mol. The van der Waals surface area contributed by atoms with Crippen LogP contribution in [-0.2, 0) is 0 Å².